The standard InChI is InChI=1S/C24H18ClF2N3O4/c1-13-21(23(31)29-20(24(32)33)14-7-9-15(25)10-8-14)30-11-3-6-19(22(30)28-13)34-12-16-17(26)4-2-5-18(16)27/h2-11,20H,12H2,1H3,(H,29,31)(H,32,33). The fraction of sp³-hybridized carbons (Fsp3) is 0.125. The molecule has 0 radical (unpaired) electrons. The van der Waals surface area contributed by atoms with E-state index in [-0.39, 0.29) is 29.3 Å². The maximum atomic E-state index is 13.9. The van der Waals surface area contributed by atoms with Crippen LogP contribution in [0, 0.1) is 18.6 Å². The number of ether oxygens (including phenoxy) is 1. The minimum Gasteiger partial charge on any atom is -0.485 e. The van der Waals surface area contributed by atoms with Crippen molar-refractivity contribution < 1.29 is 28.2 Å². The van der Waals surface area contributed by atoms with E-state index < -0.39 is 29.6 Å². The Hall–Kier alpha value is -3.98. The van der Waals surface area contributed by atoms with E-state index in [1.54, 1.807) is 25.3 Å². The van der Waals surface area contributed by atoms with Crippen LogP contribution in [-0.2, 0) is 11.4 Å². The third kappa shape index (κ3) is 4.55. The number of aliphatic carboxylic acids is 1. The quantitative estimate of drug-likeness (QED) is 0.395. The molecule has 1 unspecified atom stereocenters. The first-order valence-corrected chi connectivity index (χ1v) is 10.5. The van der Waals surface area contributed by atoms with Crippen LogP contribution in [0.2, 0.25) is 5.02 Å². The van der Waals surface area contributed by atoms with E-state index in [0.717, 1.165) is 12.1 Å². The third-order valence-corrected chi connectivity index (χ3v) is 5.41. The van der Waals surface area contributed by atoms with Gasteiger partial charge < -0.3 is 15.2 Å². The molecule has 2 aromatic heterocycles. The molecule has 2 heterocycles. The first-order valence-electron chi connectivity index (χ1n) is 10.1. The van der Waals surface area contributed by atoms with Crippen LogP contribution < -0.4 is 10.1 Å². The number of halogens is 3. The van der Waals surface area contributed by atoms with Crippen LogP contribution in [0.4, 0.5) is 8.78 Å². The Kier molecular flexibility index (Phi) is 6.47. The molecule has 0 spiro atoms. The number of nitrogens with zero attached hydrogens (tertiary/aromatic N) is 2. The Labute approximate surface area is 197 Å². The van der Waals surface area contributed by atoms with E-state index in [4.69, 9.17) is 16.3 Å². The Morgan fingerprint density at radius 2 is 1.79 bits per heavy atom. The highest BCUT2D eigenvalue weighted by Crippen LogP contribution is 2.25. The van der Waals surface area contributed by atoms with Crippen LogP contribution in [0.5, 0.6) is 5.75 Å². The van der Waals surface area contributed by atoms with Gasteiger partial charge in [-0.3, -0.25) is 9.20 Å². The van der Waals surface area contributed by atoms with Crippen molar-refractivity contribution >= 4 is 29.1 Å². The van der Waals surface area contributed by atoms with E-state index >= 15 is 0 Å². The number of aromatic nitrogens is 2. The molecule has 2 aromatic carbocycles. The van der Waals surface area contributed by atoms with Crippen LogP contribution in [0.15, 0.2) is 60.8 Å². The van der Waals surface area contributed by atoms with E-state index in [9.17, 15) is 23.5 Å². The van der Waals surface area contributed by atoms with Gasteiger partial charge in [0, 0.05) is 11.2 Å². The summed E-state index contributed by atoms with van der Waals surface area (Å²) in [5.41, 5.74) is 0.745. The van der Waals surface area contributed by atoms with Gasteiger partial charge in [-0.25, -0.2) is 18.6 Å². The highest BCUT2D eigenvalue weighted by molar-refractivity contribution is 6.30. The largest absolute Gasteiger partial charge is 0.485 e. The molecule has 2 N–H and O–H groups in total. The summed E-state index contributed by atoms with van der Waals surface area (Å²) in [5.74, 6) is -3.22. The number of nitrogens with one attached hydrogen (secondary N) is 1. The molecule has 0 aliphatic rings. The van der Waals surface area contributed by atoms with Crippen molar-refractivity contribution in [3.05, 3.63) is 100.0 Å². The average Bonchev–Trinajstić information content (AvgIpc) is 3.14. The first kappa shape index (κ1) is 23.2. The molecule has 0 aliphatic heterocycles. The van der Waals surface area contributed by atoms with E-state index in [1.165, 1.54) is 34.7 Å². The van der Waals surface area contributed by atoms with Crippen molar-refractivity contribution in [2.75, 3.05) is 0 Å². The molecule has 4 rings (SSSR count). The summed E-state index contributed by atoms with van der Waals surface area (Å²) >= 11 is 5.87. The molecule has 1 atom stereocenters. The number of aryl methyl sites for hydroxylation is 1. The zero-order chi connectivity index (χ0) is 24.4. The number of pyridine rings is 1. The van der Waals surface area contributed by atoms with Crippen molar-refractivity contribution in [3.63, 3.8) is 0 Å². The minimum absolute atomic E-state index is 0.0951. The molecular formula is C24H18ClF2N3O4. The lowest BCUT2D eigenvalue weighted by Crippen LogP contribution is -2.34. The van der Waals surface area contributed by atoms with Crippen molar-refractivity contribution in [1.29, 1.82) is 0 Å². The molecular weight excluding hydrogens is 468 g/mol. The van der Waals surface area contributed by atoms with Gasteiger partial charge in [0.05, 0.1) is 11.3 Å². The maximum absolute atomic E-state index is 13.9. The predicted molar refractivity (Wildman–Crippen MR) is 120 cm³/mol. The van der Waals surface area contributed by atoms with Crippen molar-refractivity contribution in [2.45, 2.75) is 19.6 Å². The SMILES string of the molecule is Cc1nc2c(OCc3c(F)cccc3F)cccn2c1C(=O)NC(C(=O)O)c1ccc(Cl)cc1. The highest BCUT2D eigenvalue weighted by Gasteiger charge is 2.26. The Morgan fingerprint density at radius 1 is 1.12 bits per heavy atom. The van der Waals surface area contributed by atoms with Crippen molar-refractivity contribution in [2.24, 2.45) is 0 Å². The van der Waals surface area contributed by atoms with Gasteiger partial charge in [0.15, 0.2) is 17.4 Å². The summed E-state index contributed by atoms with van der Waals surface area (Å²) in [6, 6.07) is 11.4. The fourth-order valence-corrected chi connectivity index (χ4v) is 3.63. The van der Waals surface area contributed by atoms with Gasteiger partial charge in [-0.15, -0.1) is 0 Å². The predicted octanol–water partition coefficient (Wildman–Crippen LogP) is 4.71. The number of amides is 1. The normalized spacial score (nSPS) is 11.9. The van der Waals surface area contributed by atoms with Gasteiger partial charge in [-0.2, -0.15) is 0 Å². The average molecular weight is 486 g/mol. The Balaban J connectivity index is 1.63. The molecule has 7 nitrogen and oxygen atoms in total. The summed E-state index contributed by atoms with van der Waals surface area (Å²) in [6.07, 6.45) is 1.55. The topological polar surface area (TPSA) is 92.9 Å². The van der Waals surface area contributed by atoms with E-state index in [2.05, 4.69) is 10.3 Å². The molecule has 0 bridgehead atoms. The van der Waals surface area contributed by atoms with Gasteiger partial charge in [0.2, 0.25) is 0 Å². The molecule has 0 fully saturated rings. The lowest BCUT2D eigenvalue weighted by atomic mass is 10.1. The number of hydrogen-bond acceptors (Lipinski definition) is 4. The van der Waals surface area contributed by atoms with Crippen LogP contribution in [0.3, 0.4) is 0 Å². The summed E-state index contributed by atoms with van der Waals surface area (Å²) in [4.78, 5) is 29.2. The second-order valence-corrected chi connectivity index (χ2v) is 7.83. The zero-order valence-corrected chi connectivity index (χ0v) is 18.5. The lowest BCUT2D eigenvalue weighted by Gasteiger charge is -2.15. The molecule has 10 heteroatoms. The summed E-state index contributed by atoms with van der Waals surface area (Å²) in [7, 11) is 0. The van der Waals surface area contributed by atoms with Crippen LogP contribution in [0.25, 0.3) is 5.65 Å². The maximum Gasteiger partial charge on any atom is 0.330 e. The number of carbonyl (C=O) groups excluding carboxylic acids is 1. The number of carboxylic acid groups (broad SMARTS) is 1. The molecule has 0 saturated carbocycles. The zero-order valence-electron chi connectivity index (χ0n) is 17.8. The molecule has 34 heavy (non-hydrogen) atoms. The Bertz CT molecular complexity index is 1370. The monoisotopic (exact) mass is 485 g/mol. The van der Waals surface area contributed by atoms with Gasteiger partial charge >= 0.3 is 5.97 Å². The molecule has 0 saturated heterocycles. The van der Waals surface area contributed by atoms with Crippen LogP contribution in [0.1, 0.15) is 33.4 Å². The van der Waals surface area contributed by atoms with E-state index in [1.807, 2.05) is 0 Å². The van der Waals surface area contributed by atoms with Crippen molar-refractivity contribution in [3.8, 4) is 5.75 Å². The number of carboxylic acids is 1. The number of hydrogen-bond donors (Lipinski definition) is 2. The highest BCUT2D eigenvalue weighted by atomic mass is 35.5. The van der Waals surface area contributed by atoms with Crippen LogP contribution >= 0.6 is 11.6 Å². The van der Waals surface area contributed by atoms with Crippen molar-refractivity contribution in [1.82, 2.24) is 14.7 Å². The Morgan fingerprint density at radius 3 is 2.44 bits per heavy atom. The number of carbonyl (C=O) groups is 2. The molecule has 4 aromatic rings. The van der Waals surface area contributed by atoms with Gasteiger partial charge in [-0.1, -0.05) is 29.8 Å². The first-order chi connectivity index (χ1) is 16.3. The third-order valence-electron chi connectivity index (χ3n) is 5.16. The van der Waals surface area contributed by atoms with Crippen LogP contribution in [-0.4, -0.2) is 26.4 Å². The van der Waals surface area contributed by atoms with Gasteiger partial charge in [0.1, 0.15) is 23.9 Å². The molecule has 1 amide bonds. The lowest BCUT2D eigenvalue weighted by molar-refractivity contribution is -0.139. The summed E-state index contributed by atoms with van der Waals surface area (Å²) in [6.45, 7) is 1.20. The van der Waals surface area contributed by atoms with E-state index in [0.29, 0.717) is 16.3 Å². The van der Waals surface area contributed by atoms with Gasteiger partial charge in [0.25, 0.3) is 5.91 Å². The summed E-state index contributed by atoms with van der Waals surface area (Å²) in [5, 5.41) is 12.6. The smallest absolute Gasteiger partial charge is 0.330 e. The summed E-state index contributed by atoms with van der Waals surface area (Å²) < 4.78 is 34.9. The molecule has 174 valence electrons. The van der Waals surface area contributed by atoms with Gasteiger partial charge in [-0.05, 0) is 48.9 Å². The second-order valence-electron chi connectivity index (χ2n) is 7.40. The number of benzene rings is 2. The number of imidazole rings is 1. The minimum atomic E-state index is -1.32. The number of fused-ring (bicyclic) bond motifs is 1. The fourth-order valence-electron chi connectivity index (χ4n) is 3.50. The molecule has 0 aliphatic carbocycles. The number of rotatable bonds is 7. The second kappa shape index (κ2) is 9.48.